The second-order valence-corrected chi connectivity index (χ2v) is 6.48. The standard InChI is InChI=1S/C21H23ClN4O/c1-3-27-19-10-5-4-9-18(19)26-21-14-20(24-15(2)25-21)23-12-11-16-7-6-8-17(22)13-16/h4-10,13-14H,3,11-12H2,1-2H3,(H2,23,24,25,26). The molecular formula is C21H23ClN4O. The van der Waals surface area contributed by atoms with Gasteiger partial charge in [0.2, 0.25) is 0 Å². The van der Waals surface area contributed by atoms with E-state index >= 15 is 0 Å². The predicted octanol–water partition coefficient (Wildman–Crippen LogP) is 5.24. The lowest BCUT2D eigenvalue weighted by Crippen LogP contribution is -2.08. The molecule has 0 aliphatic heterocycles. The number of ether oxygens (including phenoxy) is 1. The first-order valence-electron chi connectivity index (χ1n) is 8.97. The van der Waals surface area contributed by atoms with Crippen LogP contribution in [0.3, 0.4) is 0 Å². The van der Waals surface area contributed by atoms with Gasteiger partial charge in [-0.25, -0.2) is 9.97 Å². The second-order valence-electron chi connectivity index (χ2n) is 6.05. The van der Waals surface area contributed by atoms with Crippen LogP contribution in [0.5, 0.6) is 5.75 Å². The quantitative estimate of drug-likeness (QED) is 0.558. The molecule has 0 amide bonds. The van der Waals surface area contributed by atoms with Gasteiger partial charge in [-0.3, -0.25) is 0 Å². The molecular weight excluding hydrogens is 360 g/mol. The first kappa shape index (κ1) is 19.0. The Bertz CT molecular complexity index is 901. The summed E-state index contributed by atoms with van der Waals surface area (Å²) in [6.45, 7) is 5.21. The molecule has 0 saturated carbocycles. The highest BCUT2D eigenvalue weighted by Crippen LogP contribution is 2.27. The second kappa shape index (κ2) is 9.24. The fourth-order valence-corrected chi connectivity index (χ4v) is 2.95. The highest BCUT2D eigenvalue weighted by Gasteiger charge is 2.06. The van der Waals surface area contributed by atoms with Gasteiger partial charge < -0.3 is 15.4 Å². The van der Waals surface area contributed by atoms with Crippen molar-refractivity contribution in [2.45, 2.75) is 20.3 Å². The highest BCUT2D eigenvalue weighted by molar-refractivity contribution is 6.30. The zero-order valence-corrected chi connectivity index (χ0v) is 16.3. The average molecular weight is 383 g/mol. The molecule has 0 spiro atoms. The lowest BCUT2D eigenvalue weighted by molar-refractivity contribution is 0.342. The van der Waals surface area contributed by atoms with Crippen molar-refractivity contribution in [3.05, 3.63) is 71.0 Å². The highest BCUT2D eigenvalue weighted by atomic mass is 35.5. The zero-order valence-electron chi connectivity index (χ0n) is 15.5. The van der Waals surface area contributed by atoms with Crippen molar-refractivity contribution in [3.8, 4) is 5.75 Å². The maximum absolute atomic E-state index is 6.04. The van der Waals surface area contributed by atoms with E-state index in [4.69, 9.17) is 16.3 Å². The minimum absolute atomic E-state index is 0.609. The molecule has 2 N–H and O–H groups in total. The summed E-state index contributed by atoms with van der Waals surface area (Å²) in [7, 11) is 0. The van der Waals surface area contributed by atoms with E-state index in [9.17, 15) is 0 Å². The third-order valence-corrected chi connectivity index (χ3v) is 4.13. The minimum Gasteiger partial charge on any atom is -0.492 e. The van der Waals surface area contributed by atoms with Gasteiger partial charge in [0.25, 0.3) is 0 Å². The van der Waals surface area contributed by atoms with E-state index in [1.165, 1.54) is 5.56 Å². The number of hydrogen-bond acceptors (Lipinski definition) is 5. The van der Waals surface area contributed by atoms with Gasteiger partial charge in [0.05, 0.1) is 12.3 Å². The van der Waals surface area contributed by atoms with E-state index in [-0.39, 0.29) is 0 Å². The summed E-state index contributed by atoms with van der Waals surface area (Å²) in [4.78, 5) is 8.94. The van der Waals surface area contributed by atoms with Crippen molar-refractivity contribution in [1.29, 1.82) is 0 Å². The van der Waals surface area contributed by atoms with Crippen LogP contribution >= 0.6 is 11.6 Å². The van der Waals surface area contributed by atoms with Crippen LogP contribution in [0.25, 0.3) is 0 Å². The van der Waals surface area contributed by atoms with E-state index in [2.05, 4.69) is 26.7 Å². The molecule has 1 aromatic heterocycles. The van der Waals surface area contributed by atoms with Crippen molar-refractivity contribution in [2.75, 3.05) is 23.8 Å². The van der Waals surface area contributed by atoms with Crippen LogP contribution in [0.15, 0.2) is 54.6 Å². The molecule has 0 unspecified atom stereocenters. The van der Waals surface area contributed by atoms with Crippen molar-refractivity contribution >= 4 is 28.9 Å². The Balaban J connectivity index is 1.67. The number of anilines is 3. The number of benzene rings is 2. The number of halogens is 1. The van der Waals surface area contributed by atoms with E-state index < -0.39 is 0 Å². The average Bonchev–Trinajstić information content (AvgIpc) is 2.63. The summed E-state index contributed by atoms with van der Waals surface area (Å²) in [6, 6.07) is 17.6. The summed E-state index contributed by atoms with van der Waals surface area (Å²) in [5.74, 6) is 2.99. The van der Waals surface area contributed by atoms with Gasteiger partial charge >= 0.3 is 0 Å². The molecule has 3 aromatic rings. The van der Waals surface area contributed by atoms with Gasteiger partial charge in [-0.05, 0) is 50.1 Å². The van der Waals surface area contributed by atoms with Crippen LogP contribution in [-0.2, 0) is 6.42 Å². The molecule has 140 valence electrons. The number of rotatable bonds is 8. The fourth-order valence-electron chi connectivity index (χ4n) is 2.74. The Morgan fingerprint density at radius 2 is 1.81 bits per heavy atom. The van der Waals surface area contributed by atoms with Gasteiger partial charge in [-0.15, -0.1) is 0 Å². The van der Waals surface area contributed by atoms with Crippen LogP contribution in [0, 0.1) is 6.92 Å². The van der Waals surface area contributed by atoms with E-state index in [1.807, 2.05) is 62.4 Å². The number of nitrogens with zero attached hydrogens (tertiary/aromatic N) is 2. The van der Waals surface area contributed by atoms with Gasteiger partial charge in [-0.1, -0.05) is 35.9 Å². The molecule has 0 atom stereocenters. The van der Waals surface area contributed by atoms with E-state index in [1.54, 1.807) is 0 Å². The molecule has 0 aliphatic rings. The fraction of sp³-hybridized carbons (Fsp3) is 0.238. The minimum atomic E-state index is 0.609. The Hall–Kier alpha value is -2.79. The number of nitrogens with one attached hydrogen (secondary N) is 2. The lowest BCUT2D eigenvalue weighted by atomic mass is 10.1. The molecule has 3 rings (SSSR count). The monoisotopic (exact) mass is 382 g/mol. The largest absolute Gasteiger partial charge is 0.492 e. The Morgan fingerprint density at radius 1 is 1.00 bits per heavy atom. The predicted molar refractivity (Wildman–Crippen MR) is 111 cm³/mol. The van der Waals surface area contributed by atoms with Crippen molar-refractivity contribution in [1.82, 2.24) is 9.97 Å². The maximum Gasteiger partial charge on any atom is 0.142 e. The third kappa shape index (κ3) is 5.59. The Labute approximate surface area is 164 Å². The number of aryl methyl sites for hydroxylation is 1. The van der Waals surface area contributed by atoms with E-state index in [0.717, 1.165) is 41.1 Å². The molecule has 27 heavy (non-hydrogen) atoms. The SMILES string of the molecule is CCOc1ccccc1Nc1cc(NCCc2cccc(Cl)c2)nc(C)n1. The number of para-hydroxylation sites is 2. The molecule has 6 heteroatoms. The molecule has 5 nitrogen and oxygen atoms in total. The van der Waals surface area contributed by atoms with Gasteiger partial charge in [-0.2, -0.15) is 0 Å². The van der Waals surface area contributed by atoms with Crippen LogP contribution < -0.4 is 15.4 Å². The normalized spacial score (nSPS) is 10.5. The smallest absolute Gasteiger partial charge is 0.142 e. The van der Waals surface area contributed by atoms with Crippen LogP contribution in [0.4, 0.5) is 17.3 Å². The Kier molecular flexibility index (Phi) is 6.49. The first-order chi connectivity index (χ1) is 13.1. The van der Waals surface area contributed by atoms with Crippen molar-refractivity contribution in [2.24, 2.45) is 0 Å². The molecule has 0 saturated heterocycles. The first-order valence-corrected chi connectivity index (χ1v) is 9.34. The molecule has 2 aromatic carbocycles. The maximum atomic E-state index is 6.04. The van der Waals surface area contributed by atoms with Crippen LogP contribution in [0.2, 0.25) is 5.02 Å². The summed E-state index contributed by atoms with van der Waals surface area (Å²) in [5, 5.41) is 7.43. The zero-order chi connectivity index (χ0) is 19.1. The van der Waals surface area contributed by atoms with Crippen molar-refractivity contribution in [3.63, 3.8) is 0 Å². The molecule has 0 fully saturated rings. The molecule has 0 aliphatic carbocycles. The van der Waals surface area contributed by atoms with Gasteiger partial charge in [0, 0.05) is 17.6 Å². The number of hydrogen-bond donors (Lipinski definition) is 2. The Morgan fingerprint density at radius 3 is 2.63 bits per heavy atom. The summed E-state index contributed by atoms with van der Waals surface area (Å²) in [5.41, 5.74) is 2.06. The summed E-state index contributed by atoms with van der Waals surface area (Å²) in [6.07, 6.45) is 0.861. The van der Waals surface area contributed by atoms with Crippen LogP contribution in [0.1, 0.15) is 18.3 Å². The molecule has 1 heterocycles. The summed E-state index contributed by atoms with van der Waals surface area (Å²) < 4.78 is 5.66. The topological polar surface area (TPSA) is 59.1 Å². The van der Waals surface area contributed by atoms with Gasteiger partial charge in [0.1, 0.15) is 23.2 Å². The third-order valence-electron chi connectivity index (χ3n) is 3.90. The van der Waals surface area contributed by atoms with Crippen LogP contribution in [-0.4, -0.2) is 23.1 Å². The molecule has 0 radical (unpaired) electrons. The van der Waals surface area contributed by atoms with Crippen molar-refractivity contribution < 1.29 is 4.74 Å². The lowest BCUT2D eigenvalue weighted by Gasteiger charge is -2.13. The summed E-state index contributed by atoms with van der Waals surface area (Å²) >= 11 is 6.04. The van der Waals surface area contributed by atoms with E-state index in [0.29, 0.717) is 12.4 Å². The number of aromatic nitrogens is 2. The molecule has 0 bridgehead atoms. The van der Waals surface area contributed by atoms with Gasteiger partial charge in [0.15, 0.2) is 0 Å².